The summed E-state index contributed by atoms with van der Waals surface area (Å²) in [5.74, 6) is -0.691. The Morgan fingerprint density at radius 1 is 1.35 bits per heavy atom. The van der Waals surface area contributed by atoms with Gasteiger partial charge < -0.3 is 15.1 Å². The molecule has 3 amide bonds. The molecular weight excluding hydrogens is 296 g/mol. The number of hydrogen-bond acceptors (Lipinski definition) is 4. The van der Waals surface area contributed by atoms with Gasteiger partial charge in [-0.3, -0.25) is 14.4 Å². The van der Waals surface area contributed by atoms with Crippen LogP contribution in [0.25, 0.3) is 0 Å². The molecule has 0 aromatic rings. The summed E-state index contributed by atoms with van der Waals surface area (Å²) in [4.78, 5) is 39.0. The van der Waals surface area contributed by atoms with E-state index in [-0.39, 0.29) is 36.1 Å². The number of nitrogens with one attached hydrogen (secondary N) is 1. The quantitative estimate of drug-likeness (QED) is 0.791. The highest BCUT2D eigenvalue weighted by atomic mass is 16.2. The molecule has 0 radical (unpaired) electrons. The van der Waals surface area contributed by atoms with Gasteiger partial charge in [0.1, 0.15) is 12.1 Å². The van der Waals surface area contributed by atoms with Crippen molar-refractivity contribution in [2.24, 2.45) is 11.8 Å². The van der Waals surface area contributed by atoms with E-state index in [1.165, 1.54) is 16.8 Å². The minimum Gasteiger partial charge on any atom is -0.344 e. The number of nitrogens with zero attached hydrogens (tertiary/aromatic N) is 3. The van der Waals surface area contributed by atoms with Gasteiger partial charge in [-0.2, -0.15) is 5.26 Å². The number of likely N-dealkylation sites (N-methyl/N-ethyl adjacent to an activating group) is 1. The van der Waals surface area contributed by atoms with Gasteiger partial charge >= 0.3 is 0 Å². The zero-order valence-corrected chi connectivity index (χ0v) is 14.5. The van der Waals surface area contributed by atoms with Gasteiger partial charge in [-0.05, 0) is 19.3 Å². The van der Waals surface area contributed by atoms with Crippen LogP contribution in [0.5, 0.6) is 0 Å². The number of carbonyl (C=O) groups is 3. The number of amides is 3. The first kappa shape index (κ1) is 18.9. The molecule has 3 unspecified atom stereocenters. The molecule has 23 heavy (non-hydrogen) atoms. The van der Waals surface area contributed by atoms with Gasteiger partial charge in [-0.25, -0.2) is 0 Å². The summed E-state index contributed by atoms with van der Waals surface area (Å²) in [6.45, 7) is 7.53. The molecule has 0 aromatic carbocycles. The molecule has 1 aliphatic heterocycles. The molecule has 1 fully saturated rings. The van der Waals surface area contributed by atoms with Crippen LogP contribution in [0.1, 0.15) is 34.1 Å². The lowest BCUT2D eigenvalue weighted by Crippen LogP contribution is -2.50. The van der Waals surface area contributed by atoms with Crippen molar-refractivity contribution in [3.8, 4) is 6.07 Å². The average molecular weight is 322 g/mol. The van der Waals surface area contributed by atoms with E-state index >= 15 is 0 Å². The molecule has 0 aromatic heterocycles. The standard InChI is InChI=1S/C16H26N4O3/c1-10(2)15(22)18-12(4)16(23)19(5)9-14(21)20-8-11(3)6-13(20)7-17/h10-13H,6,8-9H2,1-5H3,(H,18,22). The number of carbonyl (C=O) groups excluding carboxylic acids is 3. The second-order valence-corrected chi connectivity index (χ2v) is 6.61. The van der Waals surface area contributed by atoms with Crippen LogP contribution < -0.4 is 5.32 Å². The molecule has 1 saturated heterocycles. The predicted molar refractivity (Wildman–Crippen MR) is 85.0 cm³/mol. The van der Waals surface area contributed by atoms with Gasteiger partial charge in [-0.1, -0.05) is 20.8 Å². The number of nitriles is 1. The van der Waals surface area contributed by atoms with E-state index < -0.39 is 12.1 Å². The third-order valence-electron chi connectivity index (χ3n) is 3.98. The van der Waals surface area contributed by atoms with Crippen LogP contribution in [0.15, 0.2) is 0 Å². The van der Waals surface area contributed by atoms with E-state index in [1.807, 2.05) is 6.92 Å². The number of rotatable bonds is 5. The zero-order chi connectivity index (χ0) is 17.7. The highest BCUT2D eigenvalue weighted by Gasteiger charge is 2.34. The maximum atomic E-state index is 12.3. The molecule has 7 heteroatoms. The van der Waals surface area contributed by atoms with Crippen molar-refractivity contribution in [2.75, 3.05) is 20.1 Å². The normalized spacial score (nSPS) is 21.7. The monoisotopic (exact) mass is 322 g/mol. The summed E-state index contributed by atoms with van der Waals surface area (Å²) in [6.07, 6.45) is 0.667. The highest BCUT2D eigenvalue weighted by Crippen LogP contribution is 2.22. The van der Waals surface area contributed by atoms with E-state index in [4.69, 9.17) is 5.26 Å². The lowest BCUT2D eigenvalue weighted by molar-refractivity contribution is -0.141. The molecule has 1 N–H and O–H groups in total. The van der Waals surface area contributed by atoms with E-state index in [0.717, 1.165) is 0 Å². The van der Waals surface area contributed by atoms with Gasteiger partial charge in [0.25, 0.3) is 0 Å². The van der Waals surface area contributed by atoms with Crippen molar-refractivity contribution >= 4 is 17.7 Å². The number of likely N-dealkylation sites (tertiary alicyclic amines) is 1. The Kier molecular flexibility index (Phi) is 6.55. The van der Waals surface area contributed by atoms with Crippen molar-refractivity contribution in [2.45, 2.75) is 46.2 Å². The molecule has 0 saturated carbocycles. The van der Waals surface area contributed by atoms with Crippen LogP contribution >= 0.6 is 0 Å². The molecule has 1 aliphatic rings. The largest absolute Gasteiger partial charge is 0.344 e. The molecule has 0 aliphatic carbocycles. The van der Waals surface area contributed by atoms with Gasteiger partial charge in [0.2, 0.25) is 17.7 Å². The Balaban J connectivity index is 2.59. The minimum atomic E-state index is -0.688. The Morgan fingerprint density at radius 3 is 2.48 bits per heavy atom. The SMILES string of the molecule is CC1CC(C#N)N(C(=O)CN(C)C(=O)C(C)NC(=O)C(C)C)C1. The molecule has 1 heterocycles. The fourth-order valence-electron chi connectivity index (χ4n) is 2.59. The third-order valence-corrected chi connectivity index (χ3v) is 3.98. The molecular formula is C16H26N4O3. The first-order valence-corrected chi connectivity index (χ1v) is 7.91. The summed E-state index contributed by atoms with van der Waals surface area (Å²) >= 11 is 0. The second kappa shape index (κ2) is 7.95. The van der Waals surface area contributed by atoms with E-state index in [0.29, 0.717) is 13.0 Å². The van der Waals surface area contributed by atoms with Crippen LogP contribution in [0.4, 0.5) is 0 Å². The van der Waals surface area contributed by atoms with Crippen molar-refractivity contribution in [3.05, 3.63) is 0 Å². The number of hydrogen-bond donors (Lipinski definition) is 1. The highest BCUT2D eigenvalue weighted by molar-refractivity contribution is 5.90. The molecule has 128 valence electrons. The zero-order valence-electron chi connectivity index (χ0n) is 14.5. The van der Waals surface area contributed by atoms with Crippen LogP contribution in [0.2, 0.25) is 0 Å². The molecule has 7 nitrogen and oxygen atoms in total. The fourth-order valence-corrected chi connectivity index (χ4v) is 2.59. The summed E-state index contributed by atoms with van der Waals surface area (Å²) in [7, 11) is 1.53. The van der Waals surface area contributed by atoms with E-state index in [2.05, 4.69) is 11.4 Å². The second-order valence-electron chi connectivity index (χ2n) is 6.61. The lowest BCUT2D eigenvalue weighted by Gasteiger charge is -2.26. The molecule has 3 atom stereocenters. The summed E-state index contributed by atoms with van der Waals surface area (Å²) in [5, 5.41) is 11.7. The topological polar surface area (TPSA) is 93.5 Å². The van der Waals surface area contributed by atoms with Crippen molar-refractivity contribution < 1.29 is 14.4 Å². The Bertz CT molecular complexity index is 512. The van der Waals surface area contributed by atoms with E-state index in [9.17, 15) is 14.4 Å². The van der Waals surface area contributed by atoms with Crippen LogP contribution in [0, 0.1) is 23.2 Å². The summed E-state index contributed by atoms with van der Waals surface area (Å²) in [5.41, 5.74) is 0. The molecule has 0 bridgehead atoms. The van der Waals surface area contributed by atoms with Crippen LogP contribution in [-0.4, -0.2) is 59.7 Å². The van der Waals surface area contributed by atoms with Gasteiger partial charge in [-0.15, -0.1) is 0 Å². The maximum absolute atomic E-state index is 12.3. The fraction of sp³-hybridized carbons (Fsp3) is 0.750. The summed E-state index contributed by atoms with van der Waals surface area (Å²) < 4.78 is 0. The van der Waals surface area contributed by atoms with E-state index in [1.54, 1.807) is 20.8 Å². The third kappa shape index (κ3) is 4.95. The van der Waals surface area contributed by atoms with Gasteiger partial charge in [0, 0.05) is 19.5 Å². The maximum Gasteiger partial charge on any atom is 0.245 e. The van der Waals surface area contributed by atoms with Crippen molar-refractivity contribution in [3.63, 3.8) is 0 Å². The first-order valence-electron chi connectivity index (χ1n) is 7.91. The average Bonchev–Trinajstić information content (AvgIpc) is 2.87. The smallest absolute Gasteiger partial charge is 0.245 e. The molecule has 0 spiro atoms. The first-order chi connectivity index (χ1) is 10.7. The summed E-state index contributed by atoms with van der Waals surface area (Å²) in [6, 6.07) is 1.03. The van der Waals surface area contributed by atoms with Crippen LogP contribution in [-0.2, 0) is 14.4 Å². The Hall–Kier alpha value is -2.10. The minimum absolute atomic E-state index is 0.0916. The van der Waals surface area contributed by atoms with Crippen LogP contribution in [0.3, 0.4) is 0 Å². The lowest BCUT2D eigenvalue weighted by atomic mass is 10.1. The Morgan fingerprint density at radius 2 is 1.96 bits per heavy atom. The van der Waals surface area contributed by atoms with Crippen molar-refractivity contribution in [1.82, 2.24) is 15.1 Å². The van der Waals surface area contributed by atoms with Gasteiger partial charge in [0.15, 0.2) is 0 Å². The Labute approximate surface area is 137 Å². The molecule has 1 rings (SSSR count). The van der Waals surface area contributed by atoms with Crippen molar-refractivity contribution in [1.29, 1.82) is 5.26 Å². The van der Waals surface area contributed by atoms with Gasteiger partial charge in [0.05, 0.1) is 12.6 Å². The predicted octanol–water partition coefficient (Wildman–Crippen LogP) is 0.366.